The van der Waals surface area contributed by atoms with Crippen molar-refractivity contribution in [3.8, 4) is 22.9 Å². The third-order valence-electron chi connectivity index (χ3n) is 4.44. The van der Waals surface area contributed by atoms with E-state index in [0.717, 1.165) is 24.0 Å². The van der Waals surface area contributed by atoms with Gasteiger partial charge in [-0.25, -0.2) is 0 Å². The molecule has 0 radical (unpaired) electrons. The SMILES string of the molecule is CCC(CC)NC(=O)c1ccc(-c2nnc(-c3ccc(C)cc3)o2)cc1. The quantitative estimate of drug-likeness (QED) is 0.704. The Kier molecular flexibility index (Phi) is 5.46. The van der Waals surface area contributed by atoms with Crippen LogP contribution in [0.15, 0.2) is 52.9 Å². The van der Waals surface area contributed by atoms with Crippen LogP contribution in [0.25, 0.3) is 22.9 Å². The minimum Gasteiger partial charge on any atom is -0.416 e. The van der Waals surface area contributed by atoms with Crippen molar-refractivity contribution in [2.24, 2.45) is 0 Å². The lowest BCUT2D eigenvalue weighted by Gasteiger charge is -2.14. The number of carbonyl (C=O) groups excluding carboxylic acids is 1. The molecule has 0 saturated heterocycles. The maximum absolute atomic E-state index is 12.3. The number of nitrogens with one attached hydrogen (secondary N) is 1. The summed E-state index contributed by atoms with van der Waals surface area (Å²) >= 11 is 0. The third kappa shape index (κ3) is 3.99. The zero-order valence-electron chi connectivity index (χ0n) is 15.3. The number of aryl methyl sites for hydroxylation is 1. The Hall–Kier alpha value is -2.95. The molecule has 0 aliphatic heterocycles. The van der Waals surface area contributed by atoms with E-state index in [1.807, 2.05) is 43.3 Å². The van der Waals surface area contributed by atoms with Crippen molar-refractivity contribution in [1.29, 1.82) is 0 Å². The average Bonchev–Trinajstić information content (AvgIpc) is 3.16. The zero-order chi connectivity index (χ0) is 18.5. The van der Waals surface area contributed by atoms with Crippen molar-refractivity contribution in [1.82, 2.24) is 15.5 Å². The maximum atomic E-state index is 12.3. The Morgan fingerprint density at radius 3 is 1.92 bits per heavy atom. The fraction of sp³-hybridized carbons (Fsp3) is 0.286. The Balaban J connectivity index is 1.75. The van der Waals surface area contributed by atoms with Gasteiger partial charge in [-0.05, 0) is 56.2 Å². The molecule has 1 heterocycles. The van der Waals surface area contributed by atoms with Crippen LogP contribution in [0.2, 0.25) is 0 Å². The van der Waals surface area contributed by atoms with Crippen molar-refractivity contribution in [2.75, 3.05) is 0 Å². The molecule has 0 aliphatic rings. The molecule has 5 heteroatoms. The molecule has 5 nitrogen and oxygen atoms in total. The number of amides is 1. The van der Waals surface area contributed by atoms with Crippen molar-refractivity contribution in [3.05, 3.63) is 59.7 Å². The van der Waals surface area contributed by atoms with Crippen molar-refractivity contribution in [2.45, 2.75) is 39.7 Å². The summed E-state index contributed by atoms with van der Waals surface area (Å²) in [5.74, 6) is 0.860. The summed E-state index contributed by atoms with van der Waals surface area (Å²) in [7, 11) is 0. The highest BCUT2D eigenvalue weighted by Gasteiger charge is 2.13. The van der Waals surface area contributed by atoms with Crippen LogP contribution in [0.5, 0.6) is 0 Å². The second-order valence-corrected chi connectivity index (χ2v) is 6.34. The number of benzene rings is 2. The van der Waals surface area contributed by atoms with Gasteiger partial charge in [0.25, 0.3) is 5.91 Å². The molecule has 0 unspecified atom stereocenters. The largest absolute Gasteiger partial charge is 0.416 e. The zero-order valence-corrected chi connectivity index (χ0v) is 15.3. The molecule has 0 spiro atoms. The molecule has 0 aliphatic carbocycles. The molecule has 0 saturated carbocycles. The summed E-state index contributed by atoms with van der Waals surface area (Å²) in [4.78, 5) is 12.3. The van der Waals surface area contributed by atoms with E-state index in [4.69, 9.17) is 4.42 Å². The number of hydrogen-bond donors (Lipinski definition) is 1. The number of carbonyl (C=O) groups is 1. The highest BCUT2D eigenvalue weighted by atomic mass is 16.4. The van der Waals surface area contributed by atoms with Crippen LogP contribution in [0, 0.1) is 6.92 Å². The minimum absolute atomic E-state index is 0.0591. The number of aromatic nitrogens is 2. The fourth-order valence-electron chi connectivity index (χ4n) is 2.68. The molecule has 134 valence electrons. The van der Waals surface area contributed by atoms with Gasteiger partial charge in [-0.3, -0.25) is 4.79 Å². The van der Waals surface area contributed by atoms with Gasteiger partial charge in [-0.15, -0.1) is 10.2 Å². The summed E-state index contributed by atoms with van der Waals surface area (Å²) in [6.45, 7) is 6.17. The Labute approximate surface area is 153 Å². The molecule has 0 fully saturated rings. The summed E-state index contributed by atoms with van der Waals surface area (Å²) in [6, 6.07) is 15.3. The normalized spacial score (nSPS) is 10.9. The number of hydrogen-bond acceptors (Lipinski definition) is 4. The van der Waals surface area contributed by atoms with Gasteiger partial charge in [0.2, 0.25) is 11.8 Å². The lowest BCUT2D eigenvalue weighted by Crippen LogP contribution is -2.33. The topological polar surface area (TPSA) is 68.0 Å². The third-order valence-corrected chi connectivity index (χ3v) is 4.44. The molecule has 3 rings (SSSR count). The van der Waals surface area contributed by atoms with Crippen LogP contribution < -0.4 is 5.32 Å². The van der Waals surface area contributed by atoms with Gasteiger partial charge in [-0.2, -0.15) is 0 Å². The fourth-order valence-corrected chi connectivity index (χ4v) is 2.68. The van der Waals surface area contributed by atoms with Crippen molar-refractivity contribution >= 4 is 5.91 Å². The van der Waals surface area contributed by atoms with Crippen molar-refractivity contribution < 1.29 is 9.21 Å². The molecule has 2 aromatic carbocycles. The lowest BCUT2D eigenvalue weighted by molar-refractivity contribution is 0.0935. The maximum Gasteiger partial charge on any atom is 0.251 e. The van der Waals surface area contributed by atoms with Crippen LogP contribution in [0.4, 0.5) is 0 Å². The minimum atomic E-state index is -0.0591. The first kappa shape index (κ1) is 17.9. The monoisotopic (exact) mass is 349 g/mol. The van der Waals surface area contributed by atoms with Gasteiger partial charge in [-0.1, -0.05) is 31.5 Å². The molecule has 1 aromatic heterocycles. The first-order valence-electron chi connectivity index (χ1n) is 8.92. The second-order valence-electron chi connectivity index (χ2n) is 6.34. The predicted molar refractivity (Wildman–Crippen MR) is 102 cm³/mol. The molecule has 26 heavy (non-hydrogen) atoms. The van der Waals surface area contributed by atoms with E-state index in [1.54, 1.807) is 12.1 Å². The van der Waals surface area contributed by atoms with E-state index in [1.165, 1.54) is 5.56 Å². The van der Waals surface area contributed by atoms with Crippen molar-refractivity contribution in [3.63, 3.8) is 0 Å². The Morgan fingerprint density at radius 2 is 1.42 bits per heavy atom. The van der Waals surface area contributed by atoms with Gasteiger partial charge in [0.1, 0.15) is 0 Å². The van der Waals surface area contributed by atoms with Crippen LogP contribution in [0.3, 0.4) is 0 Å². The highest BCUT2D eigenvalue weighted by molar-refractivity contribution is 5.94. The van der Waals surface area contributed by atoms with Crippen LogP contribution in [-0.2, 0) is 0 Å². The summed E-state index contributed by atoms with van der Waals surface area (Å²) in [6.07, 6.45) is 1.84. The smallest absolute Gasteiger partial charge is 0.251 e. The van der Waals surface area contributed by atoms with E-state index in [2.05, 4.69) is 29.4 Å². The molecule has 1 N–H and O–H groups in total. The standard InChI is InChI=1S/C21H23N3O2/c1-4-18(5-2)22-19(25)15-10-12-17(13-11-15)21-24-23-20(26-21)16-8-6-14(3)7-9-16/h6-13,18H,4-5H2,1-3H3,(H,22,25). The van der Waals surface area contributed by atoms with E-state index < -0.39 is 0 Å². The number of nitrogens with zero attached hydrogens (tertiary/aromatic N) is 2. The molecular formula is C21H23N3O2. The average molecular weight is 349 g/mol. The van der Waals surface area contributed by atoms with Crippen LogP contribution in [0.1, 0.15) is 42.6 Å². The predicted octanol–water partition coefficient (Wildman–Crippen LogP) is 4.63. The van der Waals surface area contributed by atoms with E-state index in [9.17, 15) is 4.79 Å². The summed E-state index contributed by atoms with van der Waals surface area (Å²) < 4.78 is 5.77. The molecule has 0 atom stereocenters. The molecule has 0 bridgehead atoms. The van der Waals surface area contributed by atoms with E-state index >= 15 is 0 Å². The van der Waals surface area contributed by atoms with Crippen LogP contribution in [-0.4, -0.2) is 22.1 Å². The first-order valence-corrected chi connectivity index (χ1v) is 8.92. The number of rotatable bonds is 6. The summed E-state index contributed by atoms with van der Waals surface area (Å²) in [5, 5.41) is 11.3. The molecule has 3 aromatic rings. The van der Waals surface area contributed by atoms with Crippen LogP contribution >= 0.6 is 0 Å². The second kappa shape index (κ2) is 7.95. The Morgan fingerprint density at radius 1 is 0.923 bits per heavy atom. The Bertz CT molecular complexity index is 863. The van der Waals surface area contributed by atoms with Gasteiger partial charge in [0.15, 0.2) is 0 Å². The molecular weight excluding hydrogens is 326 g/mol. The highest BCUT2D eigenvalue weighted by Crippen LogP contribution is 2.24. The van der Waals surface area contributed by atoms with E-state index in [0.29, 0.717) is 17.3 Å². The summed E-state index contributed by atoms with van der Waals surface area (Å²) in [5.41, 5.74) is 3.47. The van der Waals surface area contributed by atoms with Gasteiger partial charge < -0.3 is 9.73 Å². The molecule has 1 amide bonds. The van der Waals surface area contributed by atoms with E-state index in [-0.39, 0.29) is 11.9 Å². The van der Waals surface area contributed by atoms with Gasteiger partial charge in [0, 0.05) is 22.7 Å². The van der Waals surface area contributed by atoms with Gasteiger partial charge in [0.05, 0.1) is 0 Å². The first-order chi connectivity index (χ1) is 12.6. The van der Waals surface area contributed by atoms with Gasteiger partial charge >= 0.3 is 0 Å². The lowest BCUT2D eigenvalue weighted by atomic mass is 10.1.